The lowest BCUT2D eigenvalue weighted by Crippen LogP contribution is -2.40. The zero-order valence-corrected chi connectivity index (χ0v) is 13.3. The summed E-state index contributed by atoms with van der Waals surface area (Å²) in [6.45, 7) is 10.8. The molecule has 0 spiro atoms. The zero-order chi connectivity index (χ0) is 14.9. The van der Waals surface area contributed by atoms with Gasteiger partial charge in [0.2, 0.25) is 0 Å². The summed E-state index contributed by atoms with van der Waals surface area (Å²) in [5, 5.41) is 0. The number of aryl methyl sites for hydroxylation is 2. The molecule has 0 saturated heterocycles. The van der Waals surface area contributed by atoms with Crippen molar-refractivity contribution < 1.29 is 9.30 Å². The van der Waals surface area contributed by atoms with Gasteiger partial charge in [0.05, 0.1) is 6.07 Å². The van der Waals surface area contributed by atoms with Crippen LogP contribution < -0.4 is 9.30 Å². The molecule has 20 heavy (non-hydrogen) atoms. The molecule has 2 heteroatoms. The molecule has 0 radical (unpaired) electrons. The fourth-order valence-electron chi connectivity index (χ4n) is 2.37. The number of para-hydroxylation sites is 1. The lowest BCUT2D eigenvalue weighted by Gasteiger charge is -2.18. The van der Waals surface area contributed by atoms with Gasteiger partial charge in [-0.25, -0.2) is 0 Å². The van der Waals surface area contributed by atoms with Gasteiger partial charge in [0.15, 0.2) is 5.69 Å². The highest BCUT2D eigenvalue weighted by Gasteiger charge is 2.27. The summed E-state index contributed by atoms with van der Waals surface area (Å²) in [6, 6.07) is 12.4. The molecular formula is C18H24NO+. The van der Waals surface area contributed by atoms with Crippen molar-refractivity contribution in [2.45, 2.75) is 40.0 Å². The second-order valence-electron chi connectivity index (χ2n) is 6.43. The monoisotopic (exact) mass is 270 g/mol. The van der Waals surface area contributed by atoms with Gasteiger partial charge in [-0.15, -0.1) is 0 Å². The van der Waals surface area contributed by atoms with E-state index in [-0.39, 0.29) is 5.41 Å². The van der Waals surface area contributed by atoms with Crippen molar-refractivity contribution in [2.24, 2.45) is 7.05 Å². The Hall–Kier alpha value is -1.83. The SMILES string of the molecule is Cc1cc(Oc2ccccc2C)[n+](C)c(C(C)(C)C)c1. The number of hydrogen-bond acceptors (Lipinski definition) is 1. The third-order valence-corrected chi connectivity index (χ3v) is 3.48. The largest absolute Gasteiger partial charge is 0.405 e. The van der Waals surface area contributed by atoms with Gasteiger partial charge >= 0.3 is 5.88 Å². The quantitative estimate of drug-likeness (QED) is 0.745. The molecule has 0 aliphatic rings. The molecule has 0 atom stereocenters. The first-order chi connectivity index (χ1) is 9.29. The van der Waals surface area contributed by atoms with Crippen LogP contribution >= 0.6 is 0 Å². The molecular weight excluding hydrogens is 246 g/mol. The normalized spacial score (nSPS) is 11.5. The number of rotatable bonds is 2. The van der Waals surface area contributed by atoms with E-state index in [1.54, 1.807) is 0 Å². The molecule has 1 heterocycles. The number of aromatic nitrogens is 1. The van der Waals surface area contributed by atoms with Crippen molar-refractivity contribution in [3.05, 3.63) is 53.2 Å². The third-order valence-electron chi connectivity index (χ3n) is 3.48. The van der Waals surface area contributed by atoms with E-state index in [0.29, 0.717) is 0 Å². The molecule has 0 unspecified atom stereocenters. The average molecular weight is 270 g/mol. The Labute approximate surface area is 122 Å². The van der Waals surface area contributed by atoms with Crippen molar-refractivity contribution in [3.8, 4) is 11.6 Å². The van der Waals surface area contributed by atoms with Crippen LogP contribution in [0.1, 0.15) is 37.6 Å². The van der Waals surface area contributed by atoms with Crippen LogP contribution in [-0.4, -0.2) is 0 Å². The molecule has 2 rings (SSSR count). The molecule has 0 amide bonds. The van der Waals surface area contributed by atoms with E-state index in [2.05, 4.69) is 64.4 Å². The topological polar surface area (TPSA) is 13.1 Å². The van der Waals surface area contributed by atoms with Gasteiger partial charge in [0, 0.05) is 11.5 Å². The Morgan fingerprint density at radius 3 is 2.25 bits per heavy atom. The van der Waals surface area contributed by atoms with Crippen molar-refractivity contribution in [1.82, 2.24) is 0 Å². The van der Waals surface area contributed by atoms with E-state index >= 15 is 0 Å². The number of nitrogens with zero attached hydrogens (tertiary/aromatic N) is 1. The number of ether oxygens (including phenoxy) is 1. The van der Waals surface area contributed by atoms with Gasteiger partial charge < -0.3 is 4.74 Å². The lowest BCUT2D eigenvalue weighted by molar-refractivity contribution is -0.686. The summed E-state index contributed by atoms with van der Waals surface area (Å²) in [6.07, 6.45) is 0. The van der Waals surface area contributed by atoms with Crippen LogP contribution in [0.2, 0.25) is 0 Å². The molecule has 0 saturated carbocycles. The van der Waals surface area contributed by atoms with E-state index in [1.165, 1.54) is 11.3 Å². The van der Waals surface area contributed by atoms with Gasteiger partial charge in [-0.1, -0.05) is 39.0 Å². The molecule has 0 aliphatic heterocycles. The predicted octanol–water partition coefficient (Wildman–Crippen LogP) is 4.22. The molecule has 1 aromatic carbocycles. The Morgan fingerprint density at radius 1 is 1.00 bits per heavy atom. The molecule has 0 fully saturated rings. The second-order valence-corrected chi connectivity index (χ2v) is 6.43. The highest BCUT2D eigenvalue weighted by atomic mass is 16.5. The van der Waals surface area contributed by atoms with Crippen LogP contribution in [0.15, 0.2) is 36.4 Å². The van der Waals surface area contributed by atoms with Crippen molar-refractivity contribution in [1.29, 1.82) is 0 Å². The highest BCUT2D eigenvalue weighted by Crippen LogP contribution is 2.26. The minimum absolute atomic E-state index is 0.0879. The smallest absolute Gasteiger partial charge is 0.373 e. The summed E-state index contributed by atoms with van der Waals surface area (Å²) >= 11 is 0. The van der Waals surface area contributed by atoms with E-state index in [4.69, 9.17) is 4.74 Å². The van der Waals surface area contributed by atoms with Crippen molar-refractivity contribution in [3.63, 3.8) is 0 Å². The predicted molar refractivity (Wildman–Crippen MR) is 82.3 cm³/mol. The van der Waals surface area contributed by atoms with Gasteiger partial charge in [-0.3, -0.25) is 0 Å². The Bertz CT molecular complexity index is 624. The fourth-order valence-corrected chi connectivity index (χ4v) is 2.37. The van der Waals surface area contributed by atoms with Crippen molar-refractivity contribution >= 4 is 0 Å². The number of pyridine rings is 1. The minimum atomic E-state index is 0.0879. The molecule has 0 bridgehead atoms. The molecule has 0 aliphatic carbocycles. The Kier molecular flexibility index (Phi) is 3.85. The summed E-state index contributed by atoms with van der Waals surface area (Å²) < 4.78 is 8.26. The van der Waals surface area contributed by atoms with Gasteiger partial charge in [-0.2, -0.15) is 4.57 Å². The first-order valence-corrected chi connectivity index (χ1v) is 7.03. The average Bonchev–Trinajstić information content (AvgIpc) is 2.34. The lowest BCUT2D eigenvalue weighted by atomic mass is 9.90. The first-order valence-electron chi connectivity index (χ1n) is 7.03. The van der Waals surface area contributed by atoms with Gasteiger partial charge in [-0.05, 0) is 31.0 Å². The minimum Gasteiger partial charge on any atom is -0.405 e. The van der Waals surface area contributed by atoms with Crippen LogP contribution in [0.25, 0.3) is 0 Å². The Balaban J connectivity index is 2.48. The summed E-state index contributed by atoms with van der Waals surface area (Å²) in [4.78, 5) is 0. The van der Waals surface area contributed by atoms with E-state index in [1.807, 2.05) is 18.2 Å². The van der Waals surface area contributed by atoms with E-state index in [9.17, 15) is 0 Å². The third kappa shape index (κ3) is 3.01. The maximum Gasteiger partial charge on any atom is 0.373 e. The van der Waals surface area contributed by atoms with Crippen LogP contribution in [0, 0.1) is 13.8 Å². The molecule has 2 nitrogen and oxygen atoms in total. The fraction of sp³-hybridized carbons (Fsp3) is 0.389. The summed E-state index contributed by atoms with van der Waals surface area (Å²) in [5.74, 6) is 1.79. The summed E-state index contributed by atoms with van der Waals surface area (Å²) in [5.41, 5.74) is 3.72. The van der Waals surface area contributed by atoms with Gasteiger partial charge in [0.1, 0.15) is 12.8 Å². The summed E-state index contributed by atoms with van der Waals surface area (Å²) in [7, 11) is 2.06. The molecule has 106 valence electrons. The molecule has 0 N–H and O–H groups in total. The highest BCUT2D eigenvalue weighted by molar-refractivity contribution is 5.35. The van der Waals surface area contributed by atoms with E-state index < -0.39 is 0 Å². The number of hydrogen-bond donors (Lipinski definition) is 0. The molecule has 2 aromatic rings. The number of benzene rings is 1. The van der Waals surface area contributed by atoms with Crippen LogP contribution in [0.3, 0.4) is 0 Å². The molecule has 1 aromatic heterocycles. The standard InChI is InChI=1S/C18H24NO/c1-13-11-16(18(3,4)5)19(6)17(12-13)20-15-10-8-7-9-14(15)2/h7-12H,1-6H3/q+1. The first kappa shape index (κ1) is 14.6. The second kappa shape index (κ2) is 5.28. The maximum atomic E-state index is 6.12. The van der Waals surface area contributed by atoms with Crippen LogP contribution in [0.4, 0.5) is 0 Å². The van der Waals surface area contributed by atoms with Crippen LogP contribution in [0.5, 0.6) is 11.6 Å². The Morgan fingerprint density at radius 2 is 1.65 bits per heavy atom. The van der Waals surface area contributed by atoms with Crippen molar-refractivity contribution in [2.75, 3.05) is 0 Å². The van der Waals surface area contributed by atoms with E-state index in [0.717, 1.165) is 17.2 Å². The maximum absolute atomic E-state index is 6.12. The van der Waals surface area contributed by atoms with Crippen LogP contribution in [-0.2, 0) is 12.5 Å². The van der Waals surface area contributed by atoms with Gasteiger partial charge in [0.25, 0.3) is 0 Å². The zero-order valence-electron chi connectivity index (χ0n) is 13.3.